The lowest BCUT2D eigenvalue weighted by atomic mass is 10.1. The molecule has 2 heterocycles. The minimum Gasteiger partial charge on any atom is -0.379 e. The standard InChI is InChI=1S/C16H19N5O3/c22-21(23)15-11-17-16(18-12-15)19-14-3-1-13(2-4-14)5-6-20-7-9-24-10-8-20/h1-4,11-12H,5-10H2,(H,17,18,19). The molecule has 126 valence electrons. The van der Waals surface area contributed by atoms with Crippen LogP contribution < -0.4 is 5.32 Å². The van der Waals surface area contributed by atoms with Crippen molar-refractivity contribution in [2.24, 2.45) is 0 Å². The zero-order chi connectivity index (χ0) is 16.8. The van der Waals surface area contributed by atoms with Gasteiger partial charge in [0.1, 0.15) is 12.4 Å². The first kappa shape index (κ1) is 16.3. The van der Waals surface area contributed by atoms with Crippen LogP contribution in [0.4, 0.5) is 17.3 Å². The molecule has 1 fully saturated rings. The summed E-state index contributed by atoms with van der Waals surface area (Å²) in [6.07, 6.45) is 3.37. The van der Waals surface area contributed by atoms with Crippen LogP contribution in [0.1, 0.15) is 5.56 Å². The van der Waals surface area contributed by atoms with Gasteiger partial charge in [0.2, 0.25) is 5.95 Å². The summed E-state index contributed by atoms with van der Waals surface area (Å²) in [6.45, 7) is 4.66. The number of rotatable bonds is 6. The van der Waals surface area contributed by atoms with Crippen LogP contribution in [0.25, 0.3) is 0 Å². The number of anilines is 2. The van der Waals surface area contributed by atoms with Gasteiger partial charge in [0, 0.05) is 25.3 Å². The highest BCUT2D eigenvalue weighted by atomic mass is 16.6. The maximum atomic E-state index is 10.6. The highest BCUT2D eigenvalue weighted by molar-refractivity contribution is 5.53. The second-order valence-electron chi connectivity index (χ2n) is 5.55. The lowest BCUT2D eigenvalue weighted by Gasteiger charge is -2.26. The quantitative estimate of drug-likeness (QED) is 0.640. The molecule has 2 aromatic rings. The molecule has 8 nitrogen and oxygen atoms in total. The fourth-order valence-corrected chi connectivity index (χ4v) is 2.48. The first-order valence-electron chi connectivity index (χ1n) is 7.83. The minimum absolute atomic E-state index is 0.126. The van der Waals surface area contributed by atoms with Crippen molar-refractivity contribution in [3.8, 4) is 0 Å². The first-order valence-corrected chi connectivity index (χ1v) is 7.83. The second kappa shape index (κ2) is 7.80. The van der Waals surface area contributed by atoms with E-state index >= 15 is 0 Å². The minimum atomic E-state index is -0.521. The number of benzene rings is 1. The van der Waals surface area contributed by atoms with E-state index in [-0.39, 0.29) is 5.69 Å². The maximum Gasteiger partial charge on any atom is 0.305 e. The Morgan fingerprint density at radius 1 is 1.17 bits per heavy atom. The fraction of sp³-hybridized carbons (Fsp3) is 0.375. The van der Waals surface area contributed by atoms with Gasteiger partial charge in [0.25, 0.3) is 0 Å². The molecule has 1 aliphatic rings. The van der Waals surface area contributed by atoms with Gasteiger partial charge < -0.3 is 10.1 Å². The average molecular weight is 329 g/mol. The summed E-state index contributed by atoms with van der Waals surface area (Å²) in [5.41, 5.74) is 1.98. The summed E-state index contributed by atoms with van der Waals surface area (Å²) in [7, 11) is 0. The van der Waals surface area contributed by atoms with E-state index in [1.54, 1.807) is 0 Å². The Kier molecular flexibility index (Phi) is 5.29. The number of nitrogens with one attached hydrogen (secondary N) is 1. The van der Waals surface area contributed by atoms with Gasteiger partial charge in [-0.3, -0.25) is 15.0 Å². The lowest BCUT2D eigenvalue weighted by Crippen LogP contribution is -2.37. The number of morpholine rings is 1. The van der Waals surface area contributed by atoms with Crippen LogP contribution in [0.5, 0.6) is 0 Å². The molecule has 0 spiro atoms. The topological polar surface area (TPSA) is 93.4 Å². The molecular weight excluding hydrogens is 310 g/mol. The Labute approximate surface area is 139 Å². The highest BCUT2D eigenvalue weighted by Gasteiger charge is 2.10. The van der Waals surface area contributed by atoms with Gasteiger partial charge in [-0.2, -0.15) is 0 Å². The molecule has 0 aliphatic carbocycles. The predicted octanol–water partition coefficient (Wildman–Crippen LogP) is 2.00. The fourth-order valence-electron chi connectivity index (χ4n) is 2.48. The van der Waals surface area contributed by atoms with Crippen LogP contribution in [0, 0.1) is 10.1 Å². The number of aromatic nitrogens is 2. The average Bonchev–Trinajstić information content (AvgIpc) is 2.62. The third-order valence-electron chi connectivity index (χ3n) is 3.88. The number of hydrogen-bond acceptors (Lipinski definition) is 7. The van der Waals surface area contributed by atoms with Crippen molar-refractivity contribution in [2.45, 2.75) is 6.42 Å². The maximum absolute atomic E-state index is 10.6. The van der Waals surface area contributed by atoms with E-state index < -0.39 is 4.92 Å². The van der Waals surface area contributed by atoms with E-state index in [0.717, 1.165) is 45.0 Å². The van der Waals surface area contributed by atoms with E-state index in [1.165, 1.54) is 18.0 Å². The number of ether oxygens (including phenoxy) is 1. The summed E-state index contributed by atoms with van der Waals surface area (Å²) in [5, 5.41) is 13.6. The SMILES string of the molecule is O=[N+]([O-])c1cnc(Nc2ccc(CCN3CCOCC3)cc2)nc1. The molecule has 3 rings (SSSR count). The first-order chi connectivity index (χ1) is 11.7. The summed E-state index contributed by atoms with van der Waals surface area (Å²) >= 11 is 0. The molecule has 1 aromatic heterocycles. The third-order valence-corrected chi connectivity index (χ3v) is 3.88. The van der Waals surface area contributed by atoms with Gasteiger partial charge in [-0.25, -0.2) is 9.97 Å². The van der Waals surface area contributed by atoms with E-state index in [4.69, 9.17) is 4.74 Å². The lowest BCUT2D eigenvalue weighted by molar-refractivity contribution is -0.385. The van der Waals surface area contributed by atoms with Gasteiger partial charge >= 0.3 is 5.69 Å². The van der Waals surface area contributed by atoms with Gasteiger partial charge in [-0.1, -0.05) is 12.1 Å². The Hall–Kier alpha value is -2.58. The molecule has 8 heteroatoms. The van der Waals surface area contributed by atoms with Crippen molar-refractivity contribution in [2.75, 3.05) is 38.2 Å². The van der Waals surface area contributed by atoms with Crippen molar-refractivity contribution >= 4 is 17.3 Å². The van der Waals surface area contributed by atoms with Crippen LogP contribution in [-0.2, 0) is 11.2 Å². The molecule has 1 N–H and O–H groups in total. The van der Waals surface area contributed by atoms with E-state index in [2.05, 4.69) is 32.3 Å². The zero-order valence-electron chi connectivity index (χ0n) is 13.2. The van der Waals surface area contributed by atoms with Crippen molar-refractivity contribution in [1.29, 1.82) is 0 Å². The van der Waals surface area contributed by atoms with Gasteiger partial charge in [0.15, 0.2) is 0 Å². The monoisotopic (exact) mass is 329 g/mol. The summed E-state index contributed by atoms with van der Waals surface area (Å²) < 4.78 is 5.35. The normalized spacial score (nSPS) is 15.2. The smallest absolute Gasteiger partial charge is 0.305 e. The van der Waals surface area contributed by atoms with Crippen molar-refractivity contribution < 1.29 is 9.66 Å². The molecule has 0 unspecified atom stereocenters. The predicted molar refractivity (Wildman–Crippen MR) is 89.4 cm³/mol. The number of nitro groups is 1. The molecule has 24 heavy (non-hydrogen) atoms. The van der Waals surface area contributed by atoms with Gasteiger partial charge in [-0.15, -0.1) is 0 Å². The molecule has 0 saturated carbocycles. The van der Waals surface area contributed by atoms with Gasteiger partial charge in [-0.05, 0) is 24.1 Å². The van der Waals surface area contributed by atoms with Crippen LogP contribution in [-0.4, -0.2) is 52.6 Å². The van der Waals surface area contributed by atoms with E-state index in [9.17, 15) is 10.1 Å². The molecule has 1 aliphatic heterocycles. The van der Waals surface area contributed by atoms with Crippen LogP contribution in [0.2, 0.25) is 0 Å². The molecule has 0 radical (unpaired) electrons. The van der Waals surface area contributed by atoms with Crippen molar-refractivity contribution in [3.05, 3.63) is 52.3 Å². The second-order valence-corrected chi connectivity index (χ2v) is 5.55. The van der Waals surface area contributed by atoms with E-state index in [1.807, 2.05) is 12.1 Å². The van der Waals surface area contributed by atoms with Crippen LogP contribution in [0.15, 0.2) is 36.7 Å². The molecule has 0 bridgehead atoms. The van der Waals surface area contributed by atoms with Crippen molar-refractivity contribution in [1.82, 2.24) is 14.9 Å². The molecule has 1 saturated heterocycles. The molecule has 1 aromatic carbocycles. The summed E-state index contributed by atoms with van der Waals surface area (Å²) in [6, 6.07) is 8.04. The number of nitrogens with zero attached hydrogens (tertiary/aromatic N) is 4. The summed E-state index contributed by atoms with van der Waals surface area (Å²) in [5.74, 6) is 0.335. The molecular formula is C16H19N5O3. The molecule has 0 amide bonds. The van der Waals surface area contributed by atoms with Crippen LogP contribution in [0.3, 0.4) is 0 Å². The van der Waals surface area contributed by atoms with Gasteiger partial charge in [0.05, 0.1) is 18.1 Å². The Morgan fingerprint density at radius 2 is 1.83 bits per heavy atom. The Balaban J connectivity index is 1.53. The largest absolute Gasteiger partial charge is 0.379 e. The van der Waals surface area contributed by atoms with Crippen LogP contribution >= 0.6 is 0 Å². The molecule has 0 atom stereocenters. The number of hydrogen-bond donors (Lipinski definition) is 1. The Morgan fingerprint density at radius 3 is 2.46 bits per heavy atom. The van der Waals surface area contributed by atoms with Crippen molar-refractivity contribution in [3.63, 3.8) is 0 Å². The summed E-state index contributed by atoms with van der Waals surface area (Å²) in [4.78, 5) is 20.3. The Bertz CT molecular complexity index is 669. The third kappa shape index (κ3) is 4.46. The highest BCUT2D eigenvalue weighted by Crippen LogP contribution is 2.16. The van der Waals surface area contributed by atoms with E-state index in [0.29, 0.717) is 5.95 Å². The zero-order valence-corrected chi connectivity index (χ0v) is 13.2.